The van der Waals surface area contributed by atoms with Crippen LogP contribution < -0.4 is 16.2 Å². The van der Waals surface area contributed by atoms with E-state index < -0.39 is 0 Å². The number of para-hydroxylation sites is 2. The third-order valence-corrected chi connectivity index (χ3v) is 2.04. The number of anilines is 2. The van der Waals surface area contributed by atoms with Gasteiger partial charge in [0.25, 0.3) is 0 Å². The van der Waals surface area contributed by atoms with E-state index in [0.29, 0.717) is 17.1 Å². The molecule has 3 nitrogen and oxygen atoms in total. The normalized spacial score (nSPS) is 9.87. The summed E-state index contributed by atoms with van der Waals surface area (Å²) < 4.78 is 5.59. The van der Waals surface area contributed by atoms with Crippen molar-refractivity contribution in [3.05, 3.63) is 48.5 Å². The highest BCUT2D eigenvalue weighted by Gasteiger charge is 2.05. The predicted molar refractivity (Wildman–Crippen MR) is 61.8 cm³/mol. The van der Waals surface area contributed by atoms with Crippen LogP contribution in [0.2, 0.25) is 0 Å². The minimum absolute atomic E-state index is 0.517. The number of hydrogen-bond acceptors (Lipinski definition) is 3. The Morgan fingerprint density at radius 3 is 1.93 bits per heavy atom. The zero-order valence-corrected chi connectivity index (χ0v) is 8.18. The fourth-order valence-corrected chi connectivity index (χ4v) is 1.30. The van der Waals surface area contributed by atoms with Crippen molar-refractivity contribution in [1.29, 1.82) is 0 Å². The summed E-state index contributed by atoms with van der Waals surface area (Å²) in [6.45, 7) is 0. The quantitative estimate of drug-likeness (QED) is 0.732. The van der Waals surface area contributed by atoms with Crippen molar-refractivity contribution in [2.45, 2.75) is 0 Å². The highest BCUT2D eigenvalue weighted by molar-refractivity contribution is 5.67. The van der Waals surface area contributed by atoms with Crippen LogP contribution in [-0.4, -0.2) is 0 Å². The third kappa shape index (κ3) is 2.02. The van der Waals surface area contributed by atoms with Crippen molar-refractivity contribution < 1.29 is 4.74 Å². The van der Waals surface area contributed by atoms with Gasteiger partial charge in [0.1, 0.15) is 5.75 Å². The number of ether oxygens (including phenoxy) is 1. The highest BCUT2D eigenvalue weighted by atomic mass is 16.5. The molecule has 0 unspecified atom stereocenters. The molecular formula is C12H12N2O. The van der Waals surface area contributed by atoms with E-state index in [1.54, 1.807) is 18.2 Å². The number of hydrogen-bond donors (Lipinski definition) is 2. The molecule has 0 saturated carbocycles. The van der Waals surface area contributed by atoms with E-state index in [2.05, 4.69) is 0 Å². The Labute approximate surface area is 88.3 Å². The number of nitrogen functional groups attached to an aromatic ring is 2. The minimum Gasteiger partial charge on any atom is -0.453 e. The second-order valence-electron chi connectivity index (χ2n) is 3.18. The van der Waals surface area contributed by atoms with Crippen LogP contribution in [0.1, 0.15) is 0 Å². The number of rotatable bonds is 2. The Hall–Kier alpha value is -2.16. The first-order valence-electron chi connectivity index (χ1n) is 4.64. The second-order valence-corrected chi connectivity index (χ2v) is 3.18. The summed E-state index contributed by atoms with van der Waals surface area (Å²) in [5, 5.41) is 0. The topological polar surface area (TPSA) is 61.3 Å². The van der Waals surface area contributed by atoms with E-state index >= 15 is 0 Å². The Bertz CT molecular complexity index is 434. The van der Waals surface area contributed by atoms with Gasteiger partial charge in [0, 0.05) is 0 Å². The molecule has 2 aromatic rings. The summed E-state index contributed by atoms with van der Waals surface area (Å²) in [6, 6.07) is 14.7. The summed E-state index contributed by atoms with van der Waals surface area (Å²) in [7, 11) is 0. The Kier molecular flexibility index (Phi) is 2.46. The van der Waals surface area contributed by atoms with Crippen LogP contribution in [0.15, 0.2) is 48.5 Å². The van der Waals surface area contributed by atoms with Crippen LogP contribution in [0.4, 0.5) is 11.4 Å². The van der Waals surface area contributed by atoms with Crippen LogP contribution in [0.5, 0.6) is 11.5 Å². The lowest BCUT2D eigenvalue weighted by Gasteiger charge is -2.10. The van der Waals surface area contributed by atoms with Crippen molar-refractivity contribution in [3.8, 4) is 11.5 Å². The molecule has 0 bridgehead atoms. The molecule has 2 aromatic carbocycles. The molecule has 15 heavy (non-hydrogen) atoms. The molecule has 2 rings (SSSR count). The average Bonchev–Trinajstić information content (AvgIpc) is 2.25. The molecule has 0 heterocycles. The van der Waals surface area contributed by atoms with Crippen molar-refractivity contribution >= 4 is 11.4 Å². The highest BCUT2D eigenvalue weighted by Crippen LogP contribution is 2.32. The first-order valence-corrected chi connectivity index (χ1v) is 4.64. The molecule has 0 aliphatic carbocycles. The van der Waals surface area contributed by atoms with Crippen molar-refractivity contribution in [2.24, 2.45) is 0 Å². The van der Waals surface area contributed by atoms with E-state index in [9.17, 15) is 0 Å². The van der Waals surface area contributed by atoms with Gasteiger partial charge in [-0.15, -0.1) is 0 Å². The van der Waals surface area contributed by atoms with E-state index in [0.717, 1.165) is 5.75 Å². The molecule has 76 valence electrons. The van der Waals surface area contributed by atoms with Crippen molar-refractivity contribution in [2.75, 3.05) is 11.5 Å². The standard InChI is InChI=1S/C12H12N2O/c13-10-7-4-8-11(14)12(10)15-9-5-2-1-3-6-9/h1-8H,13-14H2. The largest absolute Gasteiger partial charge is 0.453 e. The molecule has 0 saturated heterocycles. The molecule has 4 N–H and O–H groups in total. The van der Waals surface area contributed by atoms with E-state index in [-0.39, 0.29) is 0 Å². The summed E-state index contributed by atoms with van der Waals surface area (Å²) in [4.78, 5) is 0. The van der Waals surface area contributed by atoms with E-state index in [1.807, 2.05) is 30.3 Å². The predicted octanol–water partition coefficient (Wildman–Crippen LogP) is 2.64. The molecule has 0 fully saturated rings. The summed E-state index contributed by atoms with van der Waals surface area (Å²) in [6.07, 6.45) is 0. The van der Waals surface area contributed by atoms with Gasteiger partial charge >= 0.3 is 0 Å². The average molecular weight is 200 g/mol. The number of nitrogens with two attached hydrogens (primary N) is 2. The summed E-state index contributed by atoms with van der Waals surface area (Å²) in [5.74, 6) is 1.24. The monoisotopic (exact) mass is 200 g/mol. The molecular weight excluding hydrogens is 188 g/mol. The molecule has 0 aliphatic heterocycles. The summed E-state index contributed by atoms with van der Waals surface area (Å²) >= 11 is 0. The van der Waals surface area contributed by atoms with Crippen LogP contribution in [-0.2, 0) is 0 Å². The van der Waals surface area contributed by atoms with Crippen LogP contribution in [0.3, 0.4) is 0 Å². The molecule has 0 atom stereocenters. The fourth-order valence-electron chi connectivity index (χ4n) is 1.30. The smallest absolute Gasteiger partial charge is 0.173 e. The SMILES string of the molecule is Nc1cccc(N)c1Oc1ccccc1. The molecule has 0 amide bonds. The molecule has 0 spiro atoms. The van der Waals surface area contributed by atoms with E-state index in [1.165, 1.54) is 0 Å². The van der Waals surface area contributed by atoms with Gasteiger partial charge in [-0.25, -0.2) is 0 Å². The first kappa shape index (κ1) is 9.40. The van der Waals surface area contributed by atoms with Crippen LogP contribution in [0, 0.1) is 0 Å². The van der Waals surface area contributed by atoms with Gasteiger partial charge in [0.05, 0.1) is 11.4 Å². The maximum atomic E-state index is 5.76. The zero-order valence-electron chi connectivity index (χ0n) is 8.18. The maximum Gasteiger partial charge on any atom is 0.173 e. The second kappa shape index (κ2) is 3.92. The van der Waals surface area contributed by atoms with Crippen LogP contribution in [0.25, 0.3) is 0 Å². The third-order valence-electron chi connectivity index (χ3n) is 2.04. The van der Waals surface area contributed by atoms with Crippen molar-refractivity contribution in [3.63, 3.8) is 0 Å². The fraction of sp³-hybridized carbons (Fsp3) is 0. The van der Waals surface area contributed by atoms with Gasteiger partial charge in [0.2, 0.25) is 0 Å². The number of benzene rings is 2. The maximum absolute atomic E-state index is 5.76. The molecule has 0 radical (unpaired) electrons. The van der Waals surface area contributed by atoms with Crippen molar-refractivity contribution in [1.82, 2.24) is 0 Å². The van der Waals surface area contributed by atoms with Gasteiger partial charge < -0.3 is 16.2 Å². The molecule has 0 aliphatic rings. The molecule has 0 aromatic heterocycles. The Morgan fingerprint density at radius 2 is 1.33 bits per heavy atom. The molecule has 3 heteroatoms. The summed E-state index contributed by atoms with van der Waals surface area (Å²) in [5.41, 5.74) is 12.6. The van der Waals surface area contributed by atoms with Gasteiger partial charge in [-0.3, -0.25) is 0 Å². The zero-order chi connectivity index (χ0) is 10.7. The Morgan fingerprint density at radius 1 is 0.733 bits per heavy atom. The van der Waals surface area contributed by atoms with Gasteiger partial charge in [-0.1, -0.05) is 24.3 Å². The first-order chi connectivity index (χ1) is 7.27. The minimum atomic E-state index is 0.517. The van der Waals surface area contributed by atoms with Gasteiger partial charge in [-0.2, -0.15) is 0 Å². The Balaban J connectivity index is 2.32. The van der Waals surface area contributed by atoms with Gasteiger partial charge in [-0.05, 0) is 24.3 Å². The lowest BCUT2D eigenvalue weighted by Crippen LogP contribution is -1.96. The van der Waals surface area contributed by atoms with E-state index in [4.69, 9.17) is 16.2 Å². The van der Waals surface area contributed by atoms with Crippen LogP contribution >= 0.6 is 0 Å². The lowest BCUT2D eigenvalue weighted by molar-refractivity contribution is 0.487. The lowest BCUT2D eigenvalue weighted by atomic mass is 10.2. The van der Waals surface area contributed by atoms with Gasteiger partial charge in [0.15, 0.2) is 5.75 Å².